The van der Waals surface area contributed by atoms with Crippen molar-refractivity contribution in [2.45, 2.75) is 45.6 Å². The van der Waals surface area contributed by atoms with E-state index in [-0.39, 0.29) is 36.1 Å². The maximum atomic E-state index is 12.5. The van der Waals surface area contributed by atoms with E-state index < -0.39 is 0 Å². The van der Waals surface area contributed by atoms with E-state index in [0.717, 1.165) is 51.9 Å². The summed E-state index contributed by atoms with van der Waals surface area (Å²) in [6.07, 6.45) is 3.64. The SMILES string of the molecule is CCC(CC)(CN)C(=O)NC1CCN(CCOC)CC1.Cl.Cl. The molecule has 0 aromatic heterocycles. The molecule has 0 aromatic carbocycles. The predicted molar refractivity (Wildman–Crippen MR) is 96.0 cm³/mol. The second kappa shape index (κ2) is 12.4. The molecule has 1 fully saturated rings. The number of hydrogen-bond donors (Lipinski definition) is 2. The Balaban J connectivity index is 0. The van der Waals surface area contributed by atoms with Gasteiger partial charge in [-0.25, -0.2) is 0 Å². The molecule has 0 unspecified atom stereocenters. The standard InChI is InChI=1S/C15H31N3O2.2ClH/c1-4-15(5-2,12-16)14(19)17-13-6-8-18(9-7-13)10-11-20-3;;/h13H,4-12,16H2,1-3H3,(H,17,19);2*1H. The highest BCUT2D eigenvalue weighted by Gasteiger charge is 2.34. The van der Waals surface area contributed by atoms with Crippen LogP contribution in [0.2, 0.25) is 0 Å². The summed E-state index contributed by atoms with van der Waals surface area (Å²) in [6.45, 7) is 8.34. The molecule has 1 aliphatic rings. The smallest absolute Gasteiger partial charge is 0.227 e. The first-order valence-electron chi connectivity index (χ1n) is 7.84. The lowest BCUT2D eigenvalue weighted by Gasteiger charge is -2.35. The number of hydrogen-bond acceptors (Lipinski definition) is 4. The third-order valence-electron chi connectivity index (χ3n) is 4.76. The molecule has 134 valence electrons. The summed E-state index contributed by atoms with van der Waals surface area (Å²) in [6, 6.07) is 0.297. The third kappa shape index (κ3) is 6.59. The van der Waals surface area contributed by atoms with Gasteiger partial charge in [-0.1, -0.05) is 13.8 Å². The van der Waals surface area contributed by atoms with E-state index in [2.05, 4.69) is 10.2 Å². The van der Waals surface area contributed by atoms with Gasteiger partial charge < -0.3 is 20.7 Å². The molecule has 1 heterocycles. The van der Waals surface area contributed by atoms with Gasteiger partial charge >= 0.3 is 0 Å². The van der Waals surface area contributed by atoms with Gasteiger partial charge in [-0.3, -0.25) is 4.79 Å². The molecule has 1 aliphatic heterocycles. The normalized spacial score (nSPS) is 16.5. The highest BCUT2D eigenvalue weighted by Crippen LogP contribution is 2.25. The van der Waals surface area contributed by atoms with Crippen molar-refractivity contribution in [3.63, 3.8) is 0 Å². The lowest BCUT2D eigenvalue weighted by molar-refractivity contribution is -0.132. The highest BCUT2D eigenvalue weighted by atomic mass is 35.5. The Morgan fingerprint density at radius 2 is 1.82 bits per heavy atom. The molecule has 0 aliphatic carbocycles. The number of amides is 1. The highest BCUT2D eigenvalue weighted by molar-refractivity contribution is 5.85. The second-order valence-electron chi connectivity index (χ2n) is 5.77. The third-order valence-corrected chi connectivity index (χ3v) is 4.76. The molecule has 0 spiro atoms. The van der Waals surface area contributed by atoms with Crippen molar-refractivity contribution in [2.75, 3.05) is 39.9 Å². The molecule has 0 aromatic rings. The summed E-state index contributed by atoms with van der Waals surface area (Å²) in [5.74, 6) is 0.139. The number of halogens is 2. The Morgan fingerprint density at radius 3 is 2.23 bits per heavy atom. The second-order valence-corrected chi connectivity index (χ2v) is 5.77. The zero-order chi connectivity index (χ0) is 15.0. The molecule has 1 amide bonds. The number of carbonyl (C=O) groups is 1. The molecule has 0 atom stereocenters. The van der Waals surface area contributed by atoms with E-state index in [1.54, 1.807) is 7.11 Å². The maximum absolute atomic E-state index is 12.5. The van der Waals surface area contributed by atoms with Crippen molar-refractivity contribution in [1.82, 2.24) is 10.2 Å². The molecule has 22 heavy (non-hydrogen) atoms. The van der Waals surface area contributed by atoms with E-state index in [0.29, 0.717) is 12.6 Å². The van der Waals surface area contributed by atoms with E-state index in [4.69, 9.17) is 10.5 Å². The molecule has 1 rings (SSSR count). The van der Waals surface area contributed by atoms with E-state index in [1.807, 2.05) is 13.8 Å². The van der Waals surface area contributed by atoms with Crippen LogP contribution in [0.4, 0.5) is 0 Å². The van der Waals surface area contributed by atoms with E-state index in [9.17, 15) is 4.79 Å². The lowest BCUT2D eigenvalue weighted by atomic mass is 9.81. The van der Waals surface area contributed by atoms with Crippen LogP contribution in [0.5, 0.6) is 0 Å². The molecule has 5 nitrogen and oxygen atoms in total. The van der Waals surface area contributed by atoms with Crippen LogP contribution in [-0.4, -0.2) is 56.7 Å². The van der Waals surface area contributed by atoms with Crippen molar-refractivity contribution in [3.8, 4) is 0 Å². The zero-order valence-corrected chi connectivity index (χ0v) is 15.7. The van der Waals surface area contributed by atoms with Gasteiger partial charge in [0.1, 0.15) is 0 Å². The van der Waals surface area contributed by atoms with Crippen LogP contribution in [0, 0.1) is 5.41 Å². The van der Waals surface area contributed by atoms with Crippen LogP contribution in [0.15, 0.2) is 0 Å². The monoisotopic (exact) mass is 357 g/mol. The van der Waals surface area contributed by atoms with E-state index >= 15 is 0 Å². The molecular formula is C15H33Cl2N3O2. The Bertz CT molecular complexity index is 286. The first kappa shape index (κ1) is 24.2. The van der Waals surface area contributed by atoms with Crippen molar-refractivity contribution < 1.29 is 9.53 Å². The zero-order valence-electron chi connectivity index (χ0n) is 14.1. The lowest BCUT2D eigenvalue weighted by Crippen LogP contribution is -2.51. The number of methoxy groups -OCH3 is 1. The first-order valence-corrected chi connectivity index (χ1v) is 7.84. The average molecular weight is 358 g/mol. The van der Waals surface area contributed by atoms with Gasteiger partial charge in [-0.2, -0.15) is 0 Å². The Kier molecular flexibility index (Phi) is 13.6. The average Bonchev–Trinajstić information content (AvgIpc) is 2.49. The number of carbonyl (C=O) groups excluding carboxylic acids is 1. The minimum Gasteiger partial charge on any atom is -0.383 e. The summed E-state index contributed by atoms with van der Waals surface area (Å²) >= 11 is 0. The van der Waals surface area contributed by atoms with Crippen LogP contribution in [-0.2, 0) is 9.53 Å². The molecule has 0 radical (unpaired) electrons. The van der Waals surface area contributed by atoms with Gasteiger partial charge in [0.25, 0.3) is 0 Å². The van der Waals surface area contributed by atoms with E-state index in [1.165, 1.54) is 0 Å². The number of nitrogens with one attached hydrogen (secondary N) is 1. The summed E-state index contributed by atoms with van der Waals surface area (Å²) in [4.78, 5) is 14.8. The number of rotatable bonds is 8. The number of nitrogens with zero attached hydrogens (tertiary/aromatic N) is 1. The summed E-state index contributed by atoms with van der Waals surface area (Å²) in [5.41, 5.74) is 5.45. The van der Waals surface area contributed by atoms with Gasteiger partial charge in [0.2, 0.25) is 5.91 Å². The number of likely N-dealkylation sites (tertiary alicyclic amines) is 1. The van der Waals surface area contributed by atoms with Crippen LogP contribution in [0.25, 0.3) is 0 Å². The van der Waals surface area contributed by atoms with Crippen LogP contribution in [0.3, 0.4) is 0 Å². The molecule has 1 saturated heterocycles. The Morgan fingerprint density at radius 1 is 1.27 bits per heavy atom. The molecular weight excluding hydrogens is 325 g/mol. The topological polar surface area (TPSA) is 67.6 Å². The predicted octanol–water partition coefficient (Wildman–Crippen LogP) is 1.82. The Labute approximate surface area is 147 Å². The minimum absolute atomic E-state index is 0. The Hall–Kier alpha value is -0.0700. The van der Waals surface area contributed by atoms with Crippen molar-refractivity contribution >= 4 is 30.7 Å². The fourth-order valence-corrected chi connectivity index (χ4v) is 2.81. The molecule has 0 saturated carbocycles. The maximum Gasteiger partial charge on any atom is 0.227 e. The quantitative estimate of drug-likeness (QED) is 0.695. The van der Waals surface area contributed by atoms with Gasteiger partial charge in [-0.05, 0) is 25.7 Å². The summed E-state index contributed by atoms with van der Waals surface area (Å²) < 4.78 is 5.10. The van der Waals surface area contributed by atoms with Crippen LogP contribution in [0.1, 0.15) is 39.5 Å². The largest absolute Gasteiger partial charge is 0.383 e. The molecule has 7 heteroatoms. The van der Waals surface area contributed by atoms with Gasteiger partial charge in [0.15, 0.2) is 0 Å². The number of piperidine rings is 1. The van der Waals surface area contributed by atoms with Crippen molar-refractivity contribution in [2.24, 2.45) is 11.1 Å². The molecule has 3 N–H and O–H groups in total. The molecule has 0 bridgehead atoms. The van der Waals surface area contributed by atoms with Crippen LogP contribution >= 0.6 is 24.8 Å². The fraction of sp³-hybridized carbons (Fsp3) is 0.933. The van der Waals surface area contributed by atoms with Gasteiger partial charge in [0, 0.05) is 39.3 Å². The van der Waals surface area contributed by atoms with Crippen molar-refractivity contribution in [3.05, 3.63) is 0 Å². The number of ether oxygens (including phenoxy) is 1. The minimum atomic E-state index is -0.382. The number of nitrogens with two attached hydrogens (primary N) is 1. The summed E-state index contributed by atoms with van der Waals surface area (Å²) in [5, 5.41) is 3.21. The summed E-state index contributed by atoms with van der Waals surface area (Å²) in [7, 11) is 1.73. The first-order chi connectivity index (χ1) is 9.61. The van der Waals surface area contributed by atoms with Crippen LogP contribution < -0.4 is 11.1 Å². The van der Waals surface area contributed by atoms with Gasteiger partial charge in [0.05, 0.1) is 12.0 Å². The fourth-order valence-electron chi connectivity index (χ4n) is 2.81. The van der Waals surface area contributed by atoms with Gasteiger partial charge in [-0.15, -0.1) is 24.8 Å². The van der Waals surface area contributed by atoms with Crippen molar-refractivity contribution in [1.29, 1.82) is 0 Å².